The van der Waals surface area contributed by atoms with E-state index >= 15 is 0 Å². The maximum atomic E-state index is 11.9. The molecule has 1 heterocycles. The highest BCUT2D eigenvalue weighted by Gasteiger charge is 2.65. The van der Waals surface area contributed by atoms with Crippen molar-refractivity contribution in [3.8, 4) is 0 Å². The fourth-order valence-electron chi connectivity index (χ4n) is 2.27. The number of rotatable bonds is 4. The standard InChI is InChI=1S/C11H15N3O4/c1-5-13-6(18-14-5)4-12-9(15)7-8(10(16)17)11(7,2)3/h7-8H,4H2,1-3H3,(H,12,15)(H,16,17). The van der Waals surface area contributed by atoms with Crippen LogP contribution in [0.25, 0.3) is 0 Å². The lowest BCUT2D eigenvalue weighted by Gasteiger charge is -2.02. The van der Waals surface area contributed by atoms with E-state index in [2.05, 4.69) is 15.5 Å². The molecule has 0 spiro atoms. The Bertz CT molecular complexity index is 494. The highest BCUT2D eigenvalue weighted by Crippen LogP contribution is 2.58. The summed E-state index contributed by atoms with van der Waals surface area (Å²) >= 11 is 0. The topological polar surface area (TPSA) is 105 Å². The van der Waals surface area contributed by atoms with E-state index in [9.17, 15) is 9.59 Å². The van der Waals surface area contributed by atoms with Crippen LogP contribution in [0, 0.1) is 24.2 Å². The first-order chi connectivity index (χ1) is 8.34. The summed E-state index contributed by atoms with van der Waals surface area (Å²) in [4.78, 5) is 26.7. The second-order valence-electron chi connectivity index (χ2n) is 5.07. The number of hydrogen-bond acceptors (Lipinski definition) is 5. The molecule has 2 rings (SSSR count). The van der Waals surface area contributed by atoms with Crippen LogP contribution in [-0.2, 0) is 16.1 Å². The fourth-order valence-corrected chi connectivity index (χ4v) is 2.27. The molecule has 1 fully saturated rings. The molecule has 1 amide bonds. The Morgan fingerprint density at radius 2 is 2.11 bits per heavy atom. The summed E-state index contributed by atoms with van der Waals surface area (Å²) in [5, 5.41) is 15.2. The average molecular weight is 253 g/mol. The summed E-state index contributed by atoms with van der Waals surface area (Å²) in [5.41, 5.74) is -0.499. The smallest absolute Gasteiger partial charge is 0.307 e. The number of amides is 1. The van der Waals surface area contributed by atoms with Crippen LogP contribution in [0.2, 0.25) is 0 Å². The van der Waals surface area contributed by atoms with Gasteiger partial charge in [0.2, 0.25) is 11.8 Å². The first-order valence-corrected chi connectivity index (χ1v) is 5.63. The number of carboxylic acids is 1. The van der Waals surface area contributed by atoms with Crippen LogP contribution < -0.4 is 5.32 Å². The SMILES string of the molecule is Cc1noc(CNC(=O)C2C(C(=O)O)C2(C)C)n1. The summed E-state index contributed by atoms with van der Waals surface area (Å²) in [6, 6.07) is 0. The molecule has 0 aromatic carbocycles. The number of hydrogen-bond donors (Lipinski definition) is 2. The van der Waals surface area contributed by atoms with E-state index in [1.165, 1.54) is 0 Å². The van der Waals surface area contributed by atoms with Gasteiger partial charge in [-0.3, -0.25) is 9.59 Å². The van der Waals surface area contributed by atoms with E-state index in [4.69, 9.17) is 9.63 Å². The zero-order valence-corrected chi connectivity index (χ0v) is 10.4. The van der Waals surface area contributed by atoms with Gasteiger partial charge >= 0.3 is 5.97 Å². The Hall–Kier alpha value is -1.92. The van der Waals surface area contributed by atoms with Crippen molar-refractivity contribution in [1.82, 2.24) is 15.5 Å². The Kier molecular flexibility index (Phi) is 2.84. The number of aromatic nitrogens is 2. The molecule has 0 bridgehead atoms. The molecular weight excluding hydrogens is 238 g/mol. The zero-order valence-electron chi connectivity index (χ0n) is 10.4. The molecular formula is C11H15N3O4. The lowest BCUT2D eigenvalue weighted by molar-refractivity contribution is -0.140. The normalized spacial score (nSPS) is 24.6. The molecule has 2 unspecified atom stereocenters. The molecule has 0 radical (unpaired) electrons. The van der Waals surface area contributed by atoms with Crippen LogP contribution >= 0.6 is 0 Å². The van der Waals surface area contributed by atoms with Crippen molar-refractivity contribution in [1.29, 1.82) is 0 Å². The molecule has 0 saturated heterocycles. The Morgan fingerprint density at radius 3 is 2.56 bits per heavy atom. The molecule has 1 aliphatic rings. The van der Waals surface area contributed by atoms with E-state index in [1.807, 2.05) is 0 Å². The molecule has 1 aromatic heterocycles. The Balaban J connectivity index is 1.92. The van der Waals surface area contributed by atoms with E-state index in [-0.39, 0.29) is 12.5 Å². The van der Waals surface area contributed by atoms with Crippen LogP contribution in [0.1, 0.15) is 25.6 Å². The van der Waals surface area contributed by atoms with Gasteiger partial charge in [-0.15, -0.1) is 0 Å². The largest absolute Gasteiger partial charge is 0.481 e. The van der Waals surface area contributed by atoms with Gasteiger partial charge in [-0.1, -0.05) is 19.0 Å². The van der Waals surface area contributed by atoms with Gasteiger partial charge in [-0.05, 0) is 12.3 Å². The van der Waals surface area contributed by atoms with Crippen molar-refractivity contribution in [2.45, 2.75) is 27.3 Å². The molecule has 2 N–H and O–H groups in total. The molecule has 1 saturated carbocycles. The number of carbonyl (C=O) groups is 2. The highest BCUT2D eigenvalue weighted by molar-refractivity contribution is 5.91. The van der Waals surface area contributed by atoms with Crippen molar-refractivity contribution in [2.24, 2.45) is 17.3 Å². The summed E-state index contributed by atoms with van der Waals surface area (Å²) < 4.78 is 4.85. The van der Waals surface area contributed by atoms with Crippen LogP contribution in [0.4, 0.5) is 0 Å². The third-order valence-electron chi connectivity index (χ3n) is 3.36. The molecule has 1 aliphatic carbocycles. The van der Waals surface area contributed by atoms with Crippen LogP contribution in [0.5, 0.6) is 0 Å². The maximum absolute atomic E-state index is 11.9. The number of nitrogens with zero attached hydrogens (tertiary/aromatic N) is 2. The Morgan fingerprint density at radius 1 is 1.44 bits per heavy atom. The maximum Gasteiger partial charge on any atom is 0.307 e. The predicted octanol–water partition coefficient (Wildman–Crippen LogP) is 0.351. The van der Waals surface area contributed by atoms with Crippen molar-refractivity contribution in [2.75, 3.05) is 0 Å². The van der Waals surface area contributed by atoms with E-state index in [0.717, 1.165) is 0 Å². The molecule has 0 aliphatic heterocycles. The quantitative estimate of drug-likeness (QED) is 0.802. The summed E-state index contributed by atoms with van der Waals surface area (Å²) in [7, 11) is 0. The van der Waals surface area contributed by atoms with E-state index in [0.29, 0.717) is 11.7 Å². The van der Waals surface area contributed by atoms with Crippen LogP contribution in [0.15, 0.2) is 4.52 Å². The first kappa shape index (κ1) is 12.5. The van der Waals surface area contributed by atoms with E-state index in [1.54, 1.807) is 20.8 Å². The second-order valence-corrected chi connectivity index (χ2v) is 5.07. The summed E-state index contributed by atoms with van der Waals surface area (Å²) in [6.45, 7) is 5.34. The molecule has 98 valence electrons. The summed E-state index contributed by atoms with van der Waals surface area (Å²) in [6.07, 6.45) is 0. The lowest BCUT2D eigenvalue weighted by Crippen LogP contribution is -2.27. The van der Waals surface area contributed by atoms with Gasteiger partial charge in [0.25, 0.3) is 0 Å². The van der Waals surface area contributed by atoms with Crippen molar-refractivity contribution >= 4 is 11.9 Å². The van der Waals surface area contributed by atoms with Gasteiger partial charge in [0.1, 0.15) is 0 Å². The number of carbonyl (C=O) groups excluding carboxylic acids is 1. The lowest BCUT2D eigenvalue weighted by atomic mass is 10.1. The number of carboxylic acid groups (broad SMARTS) is 1. The number of aryl methyl sites for hydroxylation is 1. The fraction of sp³-hybridized carbons (Fsp3) is 0.636. The van der Waals surface area contributed by atoms with Gasteiger partial charge in [-0.25, -0.2) is 0 Å². The minimum absolute atomic E-state index is 0.124. The van der Waals surface area contributed by atoms with Gasteiger partial charge in [0.15, 0.2) is 5.82 Å². The minimum Gasteiger partial charge on any atom is -0.481 e. The third kappa shape index (κ3) is 2.07. The van der Waals surface area contributed by atoms with Gasteiger partial charge in [0.05, 0.1) is 18.4 Å². The third-order valence-corrected chi connectivity index (χ3v) is 3.36. The molecule has 7 nitrogen and oxygen atoms in total. The van der Waals surface area contributed by atoms with Crippen molar-refractivity contribution in [3.05, 3.63) is 11.7 Å². The second kappa shape index (κ2) is 4.08. The zero-order chi connectivity index (χ0) is 13.5. The molecule has 7 heteroatoms. The van der Waals surface area contributed by atoms with Crippen molar-refractivity contribution in [3.63, 3.8) is 0 Å². The van der Waals surface area contributed by atoms with E-state index < -0.39 is 23.2 Å². The van der Waals surface area contributed by atoms with Crippen LogP contribution in [-0.4, -0.2) is 27.1 Å². The number of nitrogens with one attached hydrogen (secondary N) is 1. The Labute approximate surface area is 104 Å². The van der Waals surface area contributed by atoms with Gasteiger partial charge in [0, 0.05) is 0 Å². The molecule has 1 aromatic rings. The van der Waals surface area contributed by atoms with Crippen LogP contribution in [0.3, 0.4) is 0 Å². The van der Waals surface area contributed by atoms with Gasteiger partial charge in [-0.2, -0.15) is 4.98 Å². The molecule has 2 atom stereocenters. The summed E-state index contributed by atoms with van der Waals surface area (Å²) in [5.74, 6) is -1.54. The molecule has 18 heavy (non-hydrogen) atoms. The number of aliphatic carboxylic acids is 1. The van der Waals surface area contributed by atoms with Crippen molar-refractivity contribution < 1.29 is 19.2 Å². The minimum atomic E-state index is -0.936. The van der Waals surface area contributed by atoms with Gasteiger partial charge < -0.3 is 14.9 Å². The predicted molar refractivity (Wildman–Crippen MR) is 59.3 cm³/mol. The average Bonchev–Trinajstić information content (AvgIpc) is 2.63. The highest BCUT2D eigenvalue weighted by atomic mass is 16.5. The monoisotopic (exact) mass is 253 g/mol. The first-order valence-electron chi connectivity index (χ1n) is 5.63.